The SMILES string of the molecule is CCCC[C@@H](c1cc(C)c(O)c(C)c1)N1CCNCC1. The molecule has 1 saturated heterocycles. The second-order valence-corrected chi connectivity index (χ2v) is 5.95. The van der Waals surface area contributed by atoms with Crippen LogP contribution in [0.1, 0.15) is 48.9 Å². The number of hydrogen-bond donors (Lipinski definition) is 2. The Balaban J connectivity index is 2.25. The Morgan fingerprint density at radius 2 is 1.80 bits per heavy atom. The van der Waals surface area contributed by atoms with Gasteiger partial charge in [0.05, 0.1) is 0 Å². The van der Waals surface area contributed by atoms with Gasteiger partial charge in [-0.1, -0.05) is 31.9 Å². The average Bonchev–Trinajstić information content (AvgIpc) is 2.46. The Labute approximate surface area is 123 Å². The fourth-order valence-corrected chi connectivity index (χ4v) is 3.13. The minimum absolute atomic E-state index is 0.448. The number of phenols is 1. The van der Waals surface area contributed by atoms with Crippen molar-refractivity contribution in [3.63, 3.8) is 0 Å². The molecule has 0 amide bonds. The third kappa shape index (κ3) is 3.53. The summed E-state index contributed by atoms with van der Waals surface area (Å²) in [5.74, 6) is 0.448. The Hall–Kier alpha value is -1.06. The van der Waals surface area contributed by atoms with Gasteiger partial charge < -0.3 is 10.4 Å². The first-order valence-corrected chi connectivity index (χ1v) is 7.88. The summed E-state index contributed by atoms with van der Waals surface area (Å²) in [6.45, 7) is 10.7. The van der Waals surface area contributed by atoms with Crippen molar-refractivity contribution in [3.05, 3.63) is 28.8 Å². The van der Waals surface area contributed by atoms with Crippen LogP contribution in [0.15, 0.2) is 12.1 Å². The molecule has 0 unspecified atom stereocenters. The van der Waals surface area contributed by atoms with Crippen molar-refractivity contribution in [2.75, 3.05) is 26.2 Å². The maximum atomic E-state index is 9.98. The minimum atomic E-state index is 0.448. The topological polar surface area (TPSA) is 35.5 Å². The van der Waals surface area contributed by atoms with Crippen molar-refractivity contribution < 1.29 is 5.11 Å². The van der Waals surface area contributed by atoms with Crippen molar-refractivity contribution >= 4 is 0 Å². The molecule has 1 fully saturated rings. The van der Waals surface area contributed by atoms with Crippen molar-refractivity contribution in [1.82, 2.24) is 10.2 Å². The molecule has 2 rings (SSSR count). The lowest BCUT2D eigenvalue weighted by molar-refractivity contribution is 0.163. The predicted octanol–water partition coefficient (Wildman–Crippen LogP) is 3.15. The van der Waals surface area contributed by atoms with Crippen molar-refractivity contribution in [3.8, 4) is 5.75 Å². The van der Waals surface area contributed by atoms with Gasteiger partial charge >= 0.3 is 0 Å². The third-order valence-electron chi connectivity index (χ3n) is 4.32. The molecule has 0 spiro atoms. The van der Waals surface area contributed by atoms with Gasteiger partial charge in [-0.15, -0.1) is 0 Å². The fourth-order valence-electron chi connectivity index (χ4n) is 3.13. The van der Waals surface area contributed by atoms with Gasteiger partial charge in [0.2, 0.25) is 0 Å². The monoisotopic (exact) mass is 276 g/mol. The highest BCUT2D eigenvalue weighted by atomic mass is 16.3. The quantitative estimate of drug-likeness (QED) is 0.867. The van der Waals surface area contributed by atoms with E-state index < -0.39 is 0 Å². The first-order chi connectivity index (χ1) is 9.63. The van der Waals surface area contributed by atoms with Crippen LogP contribution < -0.4 is 5.32 Å². The van der Waals surface area contributed by atoms with Gasteiger partial charge in [0.25, 0.3) is 0 Å². The lowest BCUT2D eigenvalue weighted by Crippen LogP contribution is -2.45. The number of nitrogens with one attached hydrogen (secondary N) is 1. The number of aryl methyl sites for hydroxylation is 2. The zero-order chi connectivity index (χ0) is 14.5. The van der Waals surface area contributed by atoms with E-state index >= 15 is 0 Å². The van der Waals surface area contributed by atoms with E-state index in [1.54, 1.807) is 0 Å². The summed E-state index contributed by atoms with van der Waals surface area (Å²) < 4.78 is 0. The number of unbranched alkanes of at least 4 members (excludes halogenated alkanes) is 1. The van der Waals surface area contributed by atoms with Gasteiger partial charge in [0.15, 0.2) is 0 Å². The van der Waals surface area contributed by atoms with Gasteiger partial charge in [-0.3, -0.25) is 4.90 Å². The molecule has 0 bridgehead atoms. The molecule has 3 heteroatoms. The smallest absolute Gasteiger partial charge is 0.121 e. The molecule has 0 aromatic heterocycles. The van der Waals surface area contributed by atoms with Gasteiger partial charge in [-0.25, -0.2) is 0 Å². The summed E-state index contributed by atoms with van der Waals surface area (Å²) in [7, 11) is 0. The summed E-state index contributed by atoms with van der Waals surface area (Å²) in [5, 5.41) is 13.4. The molecule has 1 aromatic carbocycles. The highest BCUT2D eigenvalue weighted by molar-refractivity contribution is 5.43. The predicted molar refractivity (Wildman–Crippen MR) is 84.3 cm³/mol. The number of phenolic OH excluding ortho intramolecular Hbond substituents is 1. The molecule has 0 saturated carbocycles. The second kappa shape index (κ2) is 7.09. The second-order valence-electron chi connectivity index (χ2n) is 5.95. The van der Waals surface area contributed by atoms with Gasteiger partial charge in [-0.2, -0.15) is 0 Å². The van der Waals surface area contributed by atoms with E-state index in [0.29, 0.717) is 11.8 Å². The first kappa shape index (κ1) is 15.3. The van der Waals surface area contributed by atoms with Crippen LogP contribution in [0, 0.1) is 13.8 Å². The summed E-state index contributed by atoms with van der Waals surface area (Å²) in [6.07, 6.45) is 3.70. The molecule has 1 aromatic rings. The van der Waals surface area contributed by atoms with Gasteiger partial charge in [0.1, 0.15) is 5.75 Å². The van der Waals surface area contributed by atoms with Crippen LogP contribution in [-0.2, 0) is 0 Å². The molecular weight excluding hydrogens is 248 g/mol. The molecule has 112 valence electrons. The van der Waals surface area contributed by atoms with Crippen LogP contribution in [0.2, 0.25) is 0 Å². The number of hydrogen-bond acceptors (Lipinski definition) is 3. The van der Waals surface area contributed by atoms with Gasteiger partial charge in [0, 0.05) is 32.2 Å². The van der Waals surface area contributed by atoms with Gasteiger partial charge in [-0.05, 0) is 37.0 Å². The van der Waals surface area contributed by atoms with Crippen molar-refractivity contribution in [2.24, 2.45) is 0 Å². The van der Waals surface area contributed by atoms with E-state index in [1.807, 2.05) is 13.8 Å². The number of aromatic hydroxyl groups is 1. The highest BCUT2D eigenvalue weighted by Gasteiger charge is 2.22. The van der Waals surface area contributed by atoms with Crippen LogP contribution in [0.25, 0.3) is 0 Å². The molecule has 3 nitrogen and oxygen atoms in total. The molecule has 0 radical (unpaired) electrons. The molecule has 1 aliphatic rings. The largest absolute Gasteiger partial charge is 0.507 e. The van der Waals surface area contributed by atoms with Crippen LogP contribution in [0.5, 0.6) is 5.75 Å². The average molecular weight is 276 g/mol. The highest BCUT2D eigenvalue weighted by Crippen LogP contribution is 2.32. The Morgan fingerprint density at radius 1 is 1.20 bits per heavy atom. The van der Waals surface area contributed by atoms with Crippen molar-refractivity contribution in [2.45, 2.75) is 46.1 Å². The standard InChI is InChI=1S/C17H28N2O/c1-4-5-6-16(19-9-7-18-8-10-19)15-11-13(2)17(20)14(3)12-15/h11-12,16,18,20H,4-10H2,1-3H3/t16-/m0/s1. The molecule has 0 aliphatic carbocycles. The number of rotatable bonds is 5. The van der Waals surface area contributed by atoms with Crippen LogP contribution in [0.3, 0.4) is 0 Å². The maximum absolute atomic E-state index is 9.98. The van der Waals surface area contributed by atoms with E-state index in [4.69, 9.17) is 0 Å². The summed E-state index contributed by atoms with van der Waals surface area (Å²) in [6, 6.07) is 4.84. The van der Waals surface area contributed by atoms with E-state index in [1.165, 1.54) is 24.8 Å². The van der Waals surface area contributed by atoms with E-state index in [9.17, 15) is 5.11 Å². The number of piperazine rings is 1. The normalized spacial score (nSPS) is 18.1. The molecule has 1 atom stereocenters. The first-order valence-electron chi connectivity index (χ1n) is 7.88. The van der Waals surface area contributed by atoms with E-state index in [0.717, 1.165) is 37.3 Å². The van der Waals surface area contributed by atoms with Crippen LogP contribution in [0.4, 0.5) is 0 Å². The molecule has 1 aliphatic heterocycles. The maximum Gasteiger partial charge on any atom is 0.121 e. The Bertz CT molecular complexity index is 416. The molecule has 1 heterocycles. The lowest BCUT2D eigenvalue weighted by atomic mass is 9.95. The van der Waals surface area contributed by atoms with Crippen LogP contribution >= 0.6 is 0 Å². The summed E-state index contributed by atoms with van der Waals surface area (Å²) in [5.41, 5.74) is 3.36. The number of nitrogens with zero attached hydrogens (tertiary/aromatic N) is 1. The minimum Gasteiger partial charge on any atom is -0.507 e. The van der Waals surface area contributed by atoms with E-state index in [2.05, 4.69) is 29.3 Å². The molecular formula is C17H28N2O. The zero-order valence-electron chi connectivity index (χ0n) is 13.1. The third-order valence-corrected chi connectivity index (χ3v) is 4.32. The Kier molecular flexibility index (Phi) is 5.44. The number of benzene rings is 1. The van der Waals surface area contributed by atoms with Crippen LogP contribution in [-0.4, -0.2) is 36.2 Å². The Morgan fingerprint density at radius 3 is 2.35 bits per heavy atom. The summed E-state index contributed by atoms with van der Waals surface area (Å²) in [4.78, 5) is 2.59. The van der Waals surface area contributed by atoms with E-state index in [-0.39, 0.29) is 0 Å². The fraction of sp³-hybridized carbons (Fsp3) is 0.647. The molecule has 2 N–H and O–H groups in total. The van der Waals surface area contributed by atoms with Crippen molar-refractivity contribution in [1.29, 1.82) is 0 Å². The zero-order valence-corrected chi connectivity index (χ0v) is 13.1. The summed E-state index contributed by atoms with van der Waals surface area (Å²) >= 11 is 0. The lowest BCUT2D eigenvalue weighted by Gasteiger charge is -2.35. The molecule has 20 heavy (non-hydrogen) atoms.